The van der Waals surface area contributed by atoms with Gasteiger partial charge in [-0.3, -0.25) is 4.79 Å². The van der Waals surface area contributed by atoms with Gasteiger partial charge in [0.2, 0.25) is 0 Å². The summed E-state index contributed by atoms with van der Waals surface area (Å²) in [7, 11) is 0. The molecule has 116 valence electrons. The highest BCUT2D eigenvalue weighted by Crippen LogP contribution is 2.27. The van der Waals surface area contributed by atoms with Crippen molar-refractivity contribution in [3.63, 3.8) is 0 Å². The molecule has 0 aliphatic carbocycles. The number of carbonyl (C=O) groups is 1. The first-order valence-corrected chi connectivity index (χ1v) is 7.67. The average molecular weight is 328 g/mol. The fourth-order valence-electron chi connectivity index (χ4n) is 1.98. The van der Waals surface area contributed by atoms with E-state index in [4.69, 9.17) is 10.5 Å². The molecule has 2 aromatic rings. The largest absolute Gasteiger partial charge is 0.489 e. The van der Waals surface area contributed by atoms with Gasteiger partial charge >= 0.3 is 0 Å². The van der Waals surface area contributed by atoms with Gasteiger partial charge in [0.15, 0.2) is 5.17 Å². The highest BCUT2D eigenvalue weighted by molar-refractivity contribution is 8.18. The fraction of sp³-hybridized carbons (Fsp3) is 0.0588. The maximum absolute atomic E-state index is 12.8. The number of halogens is 1. The SMILES string of the molecule is NC1=NC(=O)/C(=C/c2ccc(OCc3ccc(F)cc3)cc2)S1. The molecule has 0 radical (unpaired) electrons. The van der Waals surface area contributed by atoms with Gasteiger partial charge in [-0.25, -0.2) is 4.39 Å². The Morgan fingerprint density at radius 3 is 2.43 bits per heavy atom. The summed E-state index contributed by atoms with van der Waals surface area (Å²) in [6.07, 6.45) is 1.74. The van der Waals surface area contributed by atoms with E-state index < -0.39 is 0 Å². The van der Waals surface area contributed by atoms with Crippen LogP contribution >= 0.6 is 11.8 Å². The Hall–Kier alpha value is -2.60. The van der Waals surface area contributed by atoms with Crippen LogP contribution in [-0.2, 0) is 11.4 Å². The Labute approximate surface area is 136 Å². The maximum atomic E-state index is 12.8. The maximum Gasteiger partial charge on any atom is 0.286 e. The van der Waals surface area contributed by atoms with Crippen molar-refractivity contribution in [1.29, 1.82) is 0 Å². The normalized spacial score (nSPS) is 15.8. The highest BCUT2D eigenvalue weighted by Gasteiger charge is 2.19. The molecule has 0 aromatic heterocycles. The van der Waals surface area contributed by atoms with Crippen LogP contribution in [0.5, 0.6) is 5.75 Å². The molecule has 0 fully saturated rings. The van der Waals surface area contributed by atoms with E-state index >= 15 is 0 Å². The molecule has 6 heteroatoms. The van der Waals surface area contributed by atoms with Gasteiger partial charge in [-0.1, -0.05) is 24.3 Å². The Bertz CT molecular complexity index is 783. The van der Waals surface area contributed by atoms with Crippen molar-refractivity contribution in [1.82, 2.24) is 0 Å². The lowest BCUT2D eigenvalue weighted by molar-refractivity contribution is -0.113. The Morgan fingerprint density at radius 1 is 1.13 bits per heavy atom. The molecule has 0 unspecified atom stereocenters. The lowest BCUT2D eigenvalue weighted by Gasteiger charge is -2.06. The second-order valence-corrected chi connectivity index (χ2v) is 5.91. The van der Waals surface area contributed by atoms with E-state index in [0.717, 1.165) is 22.9 Å². The van der Waals surface area contributed by atoms with Crippen molar-refractivity contribution in [2.75, 3.05) is 0 Å². The second-order valence-electron chi connectivity index (χ2n) is 4.85. The van der Waals surface area contributed by atoms with Crippen molar-refractivity contribution >= 4 is 28.9 Å². The van der Waals surface area contributed by atoms with Crippen LogP contribution in [0.15, 0.2) is 58.4 Å². The Kier molecular flexibility index (Phi) is 4.43. The molecule has 4 nitrogen and oxygen atoms in total. The molecule has 2 N–H and O–H groups in total. The van der Waals surface area contributed by atoms with Crippen LogP contribution < -0.4 is 10.5 Å². The molecule has 0 atom stereocenters. The Balaban J connectivity index is 1.62. The number of nitrogens with zero attached hydrogens (tertiary/aromatic N) is 1. The second kappa shape index (κ2) is 6.66. The molecular weight excluding hydrogens is 315 g/mol. The molecule has 0 bridgehead atoms. The number of hydrogen-bond donors (Lipinski definition) is 1. The van der Waals surface area contributed by atoms with E-state index in [1.165, 1.54) is 12.1 Å². The minimum absolute atomic E-state index is 0.264. The first kappa shape index (κ1) is 15.3. The van der Waals surface area contributed by atoms with Crippen LogP contribution in [0.2, 0.25) is 0 Å². The third-order valence-electron chi connectivity index (χ3n) is 3.13. The molecule has 2 aromatic carbocycles. The van der Waals surface area contributed by atoms with Gasteiger partial charge in [-0.2, -0.15) is 4.99 Å². The lowest BCUT2D eigenvalue weighted by Crippen LogP contribution is -2.01. The number of hydrogen-bond acceptors (Lipinski definition) is 4. The lowest BCUT2D eigenvalue weighted by atomic mass is 10.2. The van der Waals surface area contributed by atoms with Crippen molar-refractivity contribution in [3.05, 3.63) is 70.4 Å². The van der Waals surface area contributed by atoms with Crippen LogP contribution in [0.4, 0.5) is 4.39 Å². The molecule has 1 amide bonds. The molecule has 1 heterocycles. The van der Waals surface area contributed by atoms with Crippen molar-refractivity contribution in [2.24, 2.45) is 10.7 Å². The zero-order chi connectivity index (χ0) is 16.2. The summed E-state index contributed by atoms with van der Waals surface area (Å²) in [6, 6.07) is 13.5. The van der Waals surface area contributed by atoms with Crippen LogP contribution in [0, 0.1) is 5.82 Å². The van der Waals surface area contributed by atoms with Crippen LogP contribution in [0.1, 0.15) is 11.1 Å². The minimum atomic E-state index is -0.316. The third-order valence-corrected chi connectivity index (χ3v) is 3.95. The monoisotopic (exact) mass is 328 g/mol. The number of thioether (sulfide) groups is 1. The van der Waals surface area contributed by atoms with E-state index in [0.29, 0.717) is 17.3 Å². The molecular formula is C17H13FN2O2S. The zero-order valence-electron chi connectivity index (χ0n) is 12.0. The fourth-order valence-corrected chi connectivity index (χ4v) is 2.67. The van der Waals surface area contributed by atoms with Gasteiger partial charge in [0.05, 0.1) is 4.91 Å². The van der Waals surface area contributed by atoms with E-state index in [2.05, 4.69) is 4.99 Å². The zero-order valence-corrected chi connectivity index (χ0v) is 12.8. The van der Waals surface area contributed by atoms with Crippen LogP contribution in [-0.4, -0.2) is 11.1 Å². The summed E-state index contributed by atoms with van der Waals surface area (Å²) in [5.74, 6) is 0.108. The Morgan fingerprint density at radius 2 is 1.83 bits per heavy atom. The highest BCUT2D eigenvalue weighted by atomic mass is 32.2. The van der Waals surface area contributed by atoms with Crippen molar-refractivity contribution in [2.45, 2.75) is 6.61 Å². The van der Waals surface area contributed by atoms with E-state index in [9.17, 15) is 9.18 Å². The molecule has 0 saturated carbocycles. The van der Waals surface area contributed by atoms with Gasteiger partial charge in [-0.15, -0.1) is 0 Å². The number of amidine groups is 1. The van der Waals surface area contributed by atoms with Gasteiger partial charge in [0.1, 0.15) is 18.2 Å². The number of carbonyl (C=O) groups excluding carboxylic acids is 1. The molecule has 1 aliphatic heterocycles. The number of rotatable bonds is 4. The number of nitrogens with two attached hydrogens (primary N) is 1. The molecule has 1 aliphatic rings. The van der Waals surface area contributed by atoms with Crippen LogP contribution in [0.3, 0.4) is 0 Å². The smallest absolute Gasteiger partial charge is 0.286 e. The number of amides is 1. The van der Waals surface area contributed by atoms with Gasteiger partial charge < -0.3 is 10.5 Å². The molecule has 23 heavy (non-hydrogen) atoms. The predicted molar refractivity (Wildman–Crippen MR) is 89.4 cm³/mol. The van der Waals surface area contributed by atoms with Crippen LogP contribution in [0.25, 0.3) is 6.08 Å². The van der Waals surface area contributed by atoms with Gasteiger partial charge in [0, 0.05) is 0 Å². The number of ether oxygens (including phenoxy) is 1. The van der Waals surface area contributed by atoms with Crippen molar-refractivity contribution < 1.29 is 13.9 Å². The molecule has 0 saturated heterocycles. The molecule has 3 rings (SSSR count). The topological polar surface area (TPSA) is 64.7 Å². The summed E-state index contributed by atoms with van der Waals surface area (Å²) in [5, 5.41) is 0.264. The first-order chi connectivity index (χ1) is 11.1. The summed E-state index contributed by atoms with van der Waals surface area (Å²) in [6.45, 7) is 0.361. The standard InChI is InChI=1S/C17H13FN2O2S/c18-13-5-1-12(2-6-13)10-22-14-7-3-11(4-8-14)9-15-16(21)20-17(19)23-15/h1-9H,10H2,(H2,19,20,21)/b15-9-. The predicted octanol–water partition coefficient (Wildman–Crippen LogP) is 3.33. The quantitative estimate of drug-likeness (QED) is 0.874. The summed E-state index contributed by atoms with van der Waals surface area (Å²) in [5.41, 5.74) is 7.25. The first-order valence-electron chi connectivity index (χ1n) is 6.85. The van der Waals surface area contributed by atoms with Gasteiger partial charge in [0.25, 0.3) is 5.91 Å². The summed E-state index contributed by atoms with van der Waals surface area (Å²) < 4.78 is 18.5. The van der Waals surface area contributed by atoms with E-state index in [-0.39, 0.29) is 16.9 Å². The van der Waals surface area contributed by atoms with E-state index in [1.807, 2.05) is 24.3 Å². The summed E-state index contributed by atoms with van der Waals surface area (Å²) >= 11 is 1.16. The van der Waals surface area contributed by atoms with Crippen molar-refractivity contribution in [3.8, 4) is 5.75 Å². The minimum Gasteiger partial charge on any atom is -0.489 e. The van der Waals surface area contributed by atoms with Gasteiger partial charge in [-0.05, 0) is 53.2 Å². The van der Waals surface area contributed by atoms with E-state index in [1.54, 1.807) is 18.2 Å². The third kappa shape index (κ3) is 3.98. The average Bonchev–Trinajstić information content (AvgIpc) is 2.86. The summed E-state index contributed by atoms with van der Waals surface area (Å²) in [4.78, 5) is 15.7. The number of benzene rings is 2. The number of aliphatic imine (C=N–C) groups is 1. The molecule has 0 spiro atoms.